The zero-order valence-corrected chi connectivity index (χ0v) is 10.0. The van der Waals surface area contributed by atoms with E-state index in [2.05, 4.69) is 5.32 Å². The van der Waals surface area contributed by atoms with Gasteiger partial charge in [0.1, 0.15) is 0 Å². The Balaban J connectivity index is 1.62. The second-order valence-electron chi connectivity index (χ2n) is 5.21. The second kappa shape index (κ2) is 4.29. The third-order valence-electron chi connectivity index (χ3n) is 4.16. The Morgan fingerprint density at radius 3 is 2.94 bits per heavy atom. The van der Waals surface area contributed by atoms with Crippen molar-refractivity contribution in [2.24, 2.45) is 0 Å². The zero-order valence-electron chi connectivity index (χ0n) is 10.0. The predicted molar refractivity (Wildman–Crippen MR) is 62.3 cm³/mol. The van der Waals surface area contributed by atoms with Crippen molar-refractivity contribution in [3.05, 3.63) is 0 Å². The number of fused-ring (bicyclic) bond motifs is 1. The van der Waals surface area contributed by atoms with Crippen LogP contribution in [-0.2, 0) is 9.59 Å². The van der Waals surface area contributed by atoms with Gasteiger partial charge in [-0.05, 0) is 25.8 Å². The molecule has 2 atom stereocenters. The average molecular weight is 237 g/mol. The highest BCUT2D eigenvalue weighted by molar-refractivity contribution is 5.83. The van der Waals surface area contributed by atoms with Crippen LogP contribution in [0.2, 0.25) is 0 Å². The molecule has 94 valence electrons. The molecule has 3 fully saturated rings. The number of hydrogen-bond acceptors (Lipinski definition) is 3. The smallest absolute Gasteiger partial charge is 0.239 e. The summed E-state index contributed by atoms with van der Waals surface area (Å²) < 4.78 is 0. The van der Waals surface area contributed by atoms with Gasteiger partial charge in [-0.2, -0.15) is 0 Å². The summed E-state index contributed by atoms with van der Waals surface area (Å²) in [5.41, 5.74) is 0. The van der Waals surface area contributed by atoms with E-state index in [1.54, 1.807) is 0 Å². The molecule has 0 aromatic rings. The Bertz CT molecular complexity index is 339. The average Bonchev–Trinajstić information content (AvgIpc) is 2.98. The molecule has 3 aliphatic heterocycles. The SMILES string of the molecule is O=C([C@@H]1CCCN1)N1CCN2C(=O)CCC2C1. The quantitative estimate of drug-likeness (QED) is 0.673. The largest absolute Gasteiger partial charge is 0.338 e. The topological polar surface area (TPSA) is 52.7 Å². The van der Waals surface area contributed by atoms with E-state index in [0.29, 0.717) is 13.0 Å². The van der Waals surface area contributed by atoms with Crippen molar-refractivity contribution in [3.63, 3.8) is 0 Å². The number of amides is 2. The number of piperazine rings is 1. The van der Waals surface area contributed by atoms with Gasteiger partial charge in [0.25, 0.3) is 0 Å². The third-order valence-corrected chi connectivity index (χ3v) is 4.16. The monoisotopic (exact) mass is 237 g/mol. The number of nitrogens with zero attached hydrogens (tertiary/aromatic N) is 2. The first-order valence-corrected chi connectivity index (χ1v) is 6.57. The van der Waals surface area contributed by atoms with Crippen molar-refractivity contribution in [3.8, 4) is 0 Å². The Kier molecular flexibility index (Phi) is 2.78. The molecule has 1 N–H and O–H groups in total. The van der Waals surface area contributed by atoms with Gasteiger partial charge in [0.2, 0.25) is 11.8 Å². The molecule has 5 heteroatoms. The summed E-state index contributed by atoms with van der Waals surface area (Å²) in [7, 11) is 0. The van der Waals surface area contributed by atoms with Crippen LogP contribution in [0.1, 0.15) is 25.7 Å². The summed E-state index contributed by atoms with van der Waals surface area (Å²) in [5.74, 6) is 0.502. The number of hydrogen-bond donors (Lipinski definition) is 1. The van der Waals surface area contributed by atoms with Gasteiger partial charge in [-0.25, -0.2) is 0 Å². The molecule has 0 aromatic carbocycles. The Morgan fingerprint density at radius 1 is 1.29 bits per heavy atom. The van der Waals surface area contributed by atoms with Crippen molar-refractivity contribution in [1.82, 2.24) is 15.1 Å². The molecular weight excluding hydrogens is 218 g/mol. The molecule has 0 aromatic heterocycles. The molecule has 3 aliphatic rings. The van der Waals surface area contributed by atoms with Crippen molar-refractivity contribution < 1.29 is 9.59 Å². The minimum absolute atomic E-state index is 0.0265. The van der Waals surface area contributed by atoms with Gasteiger partial charge < -0.3 is 15.1 Å². The third kappa shape index (κ3) is 1.92. The Hall–Kier alpha value is -1.10. The maximum atomic E-state index is 12.2. The lowest BCUT2D eigenvalue weighted by Gasteiger charge is -2.38. The fourth-order valence-corrected chi connectivity index (χ4v) is 3.18. The second-order valence-corrected chi connectivity index (χ2v) is 5.21. The summed E-state index contributed by atoms with van der Waals surface area (Å²) in [6, 6.07) is 0.306. The van der Waals surface area contributed by atoms with E-state index in [1.807, 2.05) is 9.80 Å². The molecule has 3 rings (SSSR count). The van der Waals surface area contributed by atoms with Crippen LogP contribution in [-0.4, -0.2) is 59.9 Å². The molecule has 5 nitrogen and oxygen atoms in total. The van der Waals surface area contributed by atoms with Gasteiger partial charge in [-0.1, -0.05) is 0 Å². The summed E-state index contributed by atoms with van der Waals surface area (Å²) in [4.78, 5) is 27.7. The maximum absolute atomic E-state index is 12.2. The lowest BCUT2D eigenvalue weighted by Crippen LogP contribution is -2.56. The molecule has 0 bridgehead atoms. The first kappa shape index (κ1) is 11.0. The highest BCUT2D eigenvalue weighted by Gasteiger charge is 2.38. The Labute approximate surface area is 101 Å². The predicted octanol–water partition coefficient (Wildman–Crippen LogP) is -0.428. The molecule has 1 unspecified atom stereocenters. The van der Waals surface area contributed by atoms with Gasteiger partial charge in [0.05, 0.1) is 6.04 Å². The van der Waals surface area contributed by atoms with Gasteiger partial charge in [-0.3, -0.25) is 9.59 Å². The fourth-order valence-electron chi connectivity index (χ4n) is 3.18. The van der Waals surface area contributed by atoms with Crippen LogP contribution in [0.3, 0.4) is 0 Å². The minimum atomic E-state index is 0.0265. The molecule has 0 radical (unpaired) electrons. The van der Waals surface area contributed by atoms with E-state index in [1.165, 1.54) is 0 Å². The number of rotatable bonds is 1. The summed E-state index contributed by atoms with van der Waals surface area (Å²) in [5, 5.41) is 3.25. The standard InChI is InChI=1S/C12H19N3O2/c16-11-4-3-9-8-14(6-7-15(9)11)12(17)10-2-1-5-13-10/h9-10,13H,1-8H2/t9?,10-/m0/s1. The van der Waals surface area contributed by atoms with E-state index in [-0.39, 0.29) is 23.9 Å². The van der Waals surface area contributed by atoms with Gasteiger partial charge in [0.15, 0.2) is 0 Å². The van der Waals surface area contributed by atoms with Crippen molar-refractivity contribution >= 4 is 11.8 Å². The zero-order chi connectivity index (χ0) is 11.8. The number of carbonyl (C=O) groups excluding carboxylic acids is 2. The van der Waals surface area contributed by atoms with E-state index in [0.717, 1.165) is 38.9 Å². The highest BCUT2D eigenvalue weighted by atomic mass is 16.2. The molecule has 2 amide bonds. The lowest BCUT2D eigenvalue weighted by molar-refractivity contribution is -0.140. The van der Waals surface area contributed by atoms with Gasteiger partial charge >= 0.3 is 0 Å². The molecule has 0 aliphatic carbocycles. The maximum Gasteiger partial charge on any atom is 0.239 e. The molecular formula is C12H19N3O2. The molecule has 0 spiro atoms. The normalized spacial score (nSPS) is 33.1. The van der Waals surface area contributed by atoms with Crippen LogP contribution < -0.4 is 5.32 Å². The fraction of sp³-hybridized carbons (Fsp3) is 0.833. The first-order chi connectivity index (χ1) is 8.25. The van der Waals surface area contributed by atoms with Crippen LogP contribution in [0.5, 0.6) is 0 Å². The molecule has 0 saturated carbocycles. The van der Waals surface area contributed by atoms with Crippen molar-refractivity contribution in [1.29, 1.82) is 0 Å². The summed E-state index contributed by atoms with van der Waals surface area (Å²) in [6.07, 6.45) is 3.63. The van der Waals surface area contributed by atoms with Gasteiger partial charge in [-0.15, -0.1) is 0 Å². The van der Waals surface area contributed by atoms with E-state index in [9.17, 15) is 9.59 Å². The summed E-state index contributed by atoms with van der Waals surface area (Å²) >= 11 is 0. The lowest BCUT2D eigenvalue weighted by atomic mass is 10.1. The van der Waals surface area contributed by atoms with Crippen LogP contribution >= 0.6 is 0 Å². The summed E-state index contributed by atoms with van der Waals surface area (Å²) in [6.45, 7) is 3.13. The minimum Gasteiger partial charge on any atom is -0.338 e. The van der Waals surface area contributed by atoms with Crippen LogP contribution in [0.15, 0.2) is 0 Å². The van der Waals surface area contributed by atoms with Crippen molar-refractivity contribution in [2.75, 3.05) is 26.2 Å². The van der Waals surface area contributed by atoms with Crippen molar-refractivity contribution in [2.45, 2.75) is 37.8 Å². The highest BCUT2D eigenvalue weighted by Crippen LogP contribution is 2.23. The van der Waals surface area contributed by atoms with E-state index < -0.39 is 0 Å². The van der Waals surface area contributed by atoms with Crippen LogP contribution in [0.4, 0.5) is 0 Å². The molecule has 3 heterocycles. The molecule has 17 heavy (non-hydrogen) atoms. The first-order valence-electron chi connectivity index (χ1n) is 6.57. The number of carbonyl (C=O) groups is 2. The van der Waals surface area contributed by atoms with E-state index in [4.69, 9.17) is 0 Å². The van der Waals surface area contributed by atoms with Crippen LogP contribution in [0, 0.1) is 0 Å². The van der Waals surface area contributed by atoms with Crippen LogP contribution in [0.25, 0.3) is 0 Å². The van der Waals surface area contributed by atoms with E-state index >= 15 is 0 Å². The Morgan fingerprint density at radius 2 is 2.18 bits per heavy atom. The van der Waals surface area contributed by atoms with Gasteiger partial charge in [0, 0.05) is 32.1 Å². The molecule has 3 saturated heterocycles. The number of nitrogens with one attached hydrogen (secondary N) is 1.